The summed E-state index contributed by atoms with van der Waals surface area (Å²) in [5, 5.41) is 1.11. The SMILES string of the molecule is CCC=C(CC)SC(=NC)C1=CC=CC(CC)C=C1. The van der Waals surface area contributed by atoms with Crippen LogP contribution < -0.4 is 0 Å². The van der Waals surface area contributed by atoms with Crippen molar-refractivity contribution in [3.05, 3.63) is 46.9 Å². The molecule has 2 heteroatoms. The Morgan fingerprint density at radius 3 is 2.68 bits per heavy atom. The normalized spacial score (nSPS) is 20.4. The summed E-state index contributed by atoms with van der Waals surface area (Å²) in [7, 11) is 1.88. The molecule has 0 N–H and O–H groups in total. The van der Waals surface area contributed by atoms with Crippen LogP contribution in [-0.4, -0.2) is 12.1 Å². The van der Waals surface area contributed by atoms with Crippen LogP contribution in [0.15, 0.2) is 51.9 Å². The van der Waals surface area contributed by atoms with E-state index in [0.29, 0.717) is 5.92 Å². The molecule has 104 valence electrons. The Balaban J connectivity index is 2.85. The quantitative estimate of drug-likeness (QED) is 0.474. The minimum Gasteiger partial charge on any atom is -0.281 e. The van der Waals surface area contributed by atoms with Crippen LogP contribution in [-0.2, 0) is 0 Å². The fourth-order valence-electron chi connectivity index (χ4n) is 1.91. The number of aliphatic imine (C=N–C) groups is 1. The molecule has 1 atom stereocenters. The summed E-state index contributed by atoms with van der Waals surface area (Å²) in [6, 6.07) is 0. The van der Waals surface area contributed by atoms with Crippen LogP contribution >= 0.6 is 11.8 Å². The fourth-order valence-corrected chi connectivity index (χ4v) is 2.90. The molecule has 1 aliphatic carbocycles. The van der Waals surface area contributed by atoms with E-state index in [1.54, 1.807) is 11.8 Å². The third-order valence-corrected chi connectivity index (χ3v) is 4.42. The average molecular weight is 275 g/mol. The van der Waals surface area contributed by atoms with Gasteiger partial charge in [0, 0.05) is 12.6 Å². The molecule has 0 saturated carbocycles. The van der Waals surface area contributed by atoms with E-state index in [1.165, 1.54) is 10.5 Å². The average Bonchev–Trinajstić information content (AvgIpc) is 2.68. The van der Waals surface area contributed by atoms with Gasteiger partial charge in [0.1, 0.15) is 5.04 Å². The molecule has 0 aromatic rings. The van der Waals surface area contributed by atoms with Gasteiger partial charge in [0.05, 0.1) is 0 Å². The van der Waals surface area contributed by atoms with Crippen molar-refractivity contribution < 1.29 is 0 Å². The third kappa shape index (κ3) is 5.23. The summed E-state index contributed by atoms with van der Waals surface area (Å²) < 4.78 is 0. The van der Waals surface area contributed by atoms with Crippen molar-refractivity contribution in [3.8, 4) is 0 Å². The number of allylic oxidation sites excluding steroid dienone is 7. The molecule has 0 bridgehead atoms. The van der Waals surface area contributed by atoms with Gasteiger partial charge in [-0.1, -0.05) is 69.0 Å². The second kappa shape index (κ2) is 8.98. The Morgan fingerprint density at radius 2 is 2.11 bits per heavy atom. The van der Waals surface area contributed by atoms with E-state index in [9.17, 15) is 0 Å². The maximum absolute atomic E-state index is 4.46. The molecule has 19 heavy (non-hydrogen) atoms. The van der Waals surface area contributed by atoms with Gasteiger partial charge in [-0.25, -0.2) is 0 Å². The molecule has 0 radical (unpaired) electrons. The number of hydrogen-bond donors (Lipinski definition) is 0. The molecule has 1 unspecified atom stereocenters. The van der Waals surface area contributed by atoms with Crippen LogP contribution in [0.4, 0.5) is 0 Å². The van der Waals surface area contributed by atoms with Gasteiger partial charge in [0.2, 0.25) is 0 Å². The monoisotopic (exact) mass is 275 g/mol. The lowest BCUT2D eigenvalue weighted by atomic mass is 10.1. The first-order valence-corrected chi connectivity index (χ1v) is 7.97. The van der Waals surface area contributed by atoms with Gasteiger partial charge in [-0.2, -0.15) is 0 Å². The molecular weight excluding hydrogens is 250 g/mol. The molecule has 0 aliphatic heterocycles. The molecule has 0 aromatic carbocycles. The number of thioether (sulfide) groups is 1. The largest absolute Gasteiger partial charge is 0.281 e. The Hall–Kier alpha value is -1.02. The highest BCUT2D eigenvalue weighted by atomic mass is 32.2. The van der Waals surface area contributed by atoms with Crippen molar-refractivity contribution in [2.75, 3.05) is 7.05 Å². The van der Waals surface area contributed by atoms with E-state index in [1.807, 2.05) is 7.05 Å². The summed E-state index contributed by atoms with van der Waals surface area (Å²) in [4.78, 5) is 5.86. The molecule has 0 aromatic heterocycles. The van der Waals surface area contributed by atoms with Crippen molar-refractivity contribution in [1.82, 2.24) is 0 Å². The zero-order valence-corrected chi connectivity index (χ0v) is 13.3. The summed E-state index contributed by atoms with van der Waals surface area (Å²) in [5.41, 5.74) is 1.22. The zero-order valence-electron chi connectivity index (χ0n) is 12.5. The first kappa shape index (κ1) is 16.0. The van der Waals surface area contributed by atoms with Crippen LogP contribution in [0.5, 0.6) is 0 Å². The molecule has 0 spiro atoms. The number of hydrogen-bond acceptors (Lipinski definition) is 2. The van der Waals surface area contributed by atoms with Crippen molar-refractivity contribution in [3.63, 3.8) is 0 Å². The van der Waals surface area contributed by atoms with Crippen LogP contribution in [0.1, 0.15) is 40.0 Å². The molecule has 1 rings (SSSR count). The number of nitrogens with zero attached hydrogens (tertiary/aromatic N) is 1. The zero-order chi connectivity index (χ0) is 14.1. The van der Waals surface area contributed by atoms with Crippen molar-refractivity contribution >= 4 is 16.8 Å². The van der Waals surface area contributed by atoms with Gasteiger partial charge in [0.15, 0.2) is 0 Å². The third-order valence-electron chi connectivity index (χ3n) is 3.09. The molecule has 0 amide bonds. The molecule has 0 heterocycles. The molecule has 1 nitrogen and oxygen atoms in total. The second-order valence-electron chi connectivity index (χ2n) is 4.50. The van der Waals surface area contributed by atoms with Gasteiger partial charge < -0.3 is 0 Å². The molecule has 0 saturated heterocycles. The van der Waals surface area contributed by atoms with Gasteiger partial charge >= 0.3 is 0 Å². The van der Waals surface area contributed by atoms with Crippen LogP contribution in [0, 0.1) is 5.92 Å². The topological polar surface area (TPSA) is 12.4 Å². The Labute approximate surface area is 122 Å². The predicted octanol–water partition coefficient (Wildman–Crippen LogP) is 5.53. The van der Waals surface area contributed by atoms with E-state index < -0.39 is 0 Å². The maximum Gasteiger partial charge on any atom is 0.102 e. The standard InChI is InChI=1S/C17H25NS/c1-5-9-16(7-3)19-17(18-4)15-11-8-10-14(6-2)12-13-15/h8-14H,5-7H2,1-4H3. The summed E-state index contributed by atoms with van der Waals surface area (Å²) in [6.45, 7) is 6.59. The Bertz CT molecular complexity index is 425. The van der Waals surface area contributed by atoms with E-state index >= 15 is 0 Å². The number of rotatable bonds is 5. The minimum absolute atomic E-state index is 0.550. The van der Waals surface area contributed by atoms with E-state index in [-0.39, 0.29) is 0 Å². The van der Waals surface area contributed by atoms with Gasteiger partial charge in [-0.05, 0) is 30.1 Å². The molecule has 1 aliphatic rings. The Morgan fingerprint density at radius 1 is 1.32 bits per heavy atom. The van der Waals surface area contributed by atoms with E-state index in [4.69, 9.17) is 0 Å². The summed E-state index contributed by atoms with van der Waals surface area (Å²) in [5.74, 6) is 0.550. The van der Waals surface area contributed by atoms with E-state index in [2.05, 4.69) is 62.2 Å². The highest BCUT2D eigenvalue weighted by molar-refractivity contribution is 8.17. The van der Waals surface area contributed by atoms with Crippen LogP contribution in [0.2, 0.25) is 0 Å². The predicted molar refractivity (Wildman–Crippen MR) is 89.8 cm³/mol. The summed E-state index contributed by atoms with van der Waals surface area (Å²) >= 11 is 1.80. The first-order valence-electron chi connectivity index (χ1n) is 7.15. The Kier molecular flexibility index (Phi) is 7.57. The maximum atomic E-state index is 4.46. The molecule has 0 fully saturated rings. The van der Waals surface area contributed by atoms with Gasteiger partial charge in [0.25, 0.3) is 0 Å². The highest BCUT2D eigenvalue weighted by Gasteiger charge is 2.09. The van der Waals surface area contributed by atoms with Gasteiger partial charge in [-0.15, -0.1) is 0 Å². The minimum atomic E-state index is 0.550. The second-order valence-corrected chi connectivity index (χ2v) is 5.62. The fraction of sp³-hybridized carbons (Fsp3) is 0.471. The van der Waals surface area contributed by atoms with Crippen molar-refractivity contribution in [1.29, 1.82) is 0 Å². The lowest BCUT2D eigenvalue weighted by Gasteiger charge is -2.08. The van der Waals surface area contributed by atoms with E-state index in [0.717, 1.165) is 24.3 Å². The van der Waals surface area contributed by atoms with Crippen LogP contribution in [0.25, 0.3) is 0 Å². The highest BCUT2D eigenvalue weighted by Crippen LogP contribution is 2.27. The summed E-state index contributed by atoms with van der Waals surface area (Å²) in [6.07, 6.45) is 16.7. The first-order chi connectivity index (χ1) is 9.24. The van der Waals surface area contributed by atoms with Crippen molar-refractivity contribution in [2.24, 2.45) is 10.9 Å². The van der Waals surface area contributed by atoms with Gasteiger partial charge in [-0.3, -0.25) is 4.99 Å². The lowest BCUT2D eigenvalue weighted by Crippen LogP contribution is -1.96. The van der Waals surface area contributed by atoms with Crippen LogP contribution in [0.3, 0.4) is 0 Å². The smallest absolute Gasteiger partial charge is 0.102 e. The molecular formula is C17H25NS. The lowest BCUT2D eigenvalue weighted by molar-refractivity contribution is 0.775. The van der Waals surface area contributed by atoms with Crippen molar-refractivity contribution in [2.45, 2.75) is 40.0 Å².